The normalized spacial score (nSPS) is 15.1. The van der Waals surface area contributed by atoms with Crippen LogP contribution in [0.3, 0.4) is 0 Å². The summed E-state index contributed by atoms with van der Waals surface area (Å²) in [6.45, 7) is 6.88. The minimum Gasteiger partial charge on any atom is -0.488 e. The molecule has 3 heterocycles. The molecule has 4 rings (SSSR count). The number of ether oxygens (including phenoxy) is 2. The number of aromatic nitrogens is 4. The number of nitrogens with zero attached hydrogens (tertiary/aromatic N) is 5. The van der Waals surface area contributed by atoms with Gasteiger partial charge in [-0.15, -0.1) is 21.5 Å². The molecular formula is C20H22FN7O2S. The van der Waals surface area contributed by atoms with E-state index in [4.69, 9.17) is 9.47 Å². The Hall–Kier alpha value is -3.18. The van der Waals surface area contributed by atoms with Crippen LogP contribution in [0.5, 0.6) is 5.75 Å². The zero-order valence-corrected chi connectivity index (χ0v) is 18.0. The number of H-pyrrole nitrogens is 1. The van der Waals surface area contributed by atoms with Gasteiger partial charge < -0.3 is 14.8 Å². The van der Waals surface area contributed by atoms with E-state index in [2.05, 4.69) is 42.6 Å². The van der Waals surface area contributed by atoms with Crippen molar-refractivity contribution in [2.24, 2.45) is 9.98 Å². The van der Waals surface area contributed by atoms with Gasteiger partial charge in [-0.1, -0.05) is 0 Å². The van der Waals surface area contributed by atoms with Crippen LogP contribution < -0.4 is 10.1 Å². The molecule has 2 aromatic heterocycles. The standard InChI is InChI=1S/C20H22FN7O2S/c1-11-16(20(23-3)31-17(11)19-25-27-28-26-19)18(22-2)24-14-5-4-12(21)10-15(14)30-13-6-8-29-9-7-13/h4-5,10,13H,3,6-9H2,1-2H3,(H,22,24)(H,25,26,27,28). The van der Waals surface area contributed by atoms with Gasteiger partial charge in [0, 0.05) is 26.0 Å². The minimum absolute atomic E-state index is 0.0313. The zero-order chi connectivity index (χ0) is 21.8. The molecule has 1 fully saturated rings. The number of tetrazole rings is 1. The lowest BCUT2D eigenvalue weighted by Gasteiger charge is -2.25. The summed E-state index contributed by atoms with van der Waals surface area (Å²) in [5.74, 6) is 1.07. The van der Waals surface area contributed by atoms with Gasteiger partial charge in [-0.25, -0.2) is 4.39 Å². The SMILES string of the molecule is C=Nc1sc(-c2nn[nH]n2)c(C)c1C(=NC)Nc1ccc(F)cc1OC1CCOCC1. The summed E-state index contributed by atoms with van der Waals surface area (Å²) in [7, 11) is 1.67. The lowest BCUT2D eigenvalue weighted by atomic mass is 10.1. The highest BCUT2D eigenvalue weighted by Crippen LogP contribution is 2.41. The van der Waals surface area contributed by atoms with E-state index in [1.54, 1.807) is 13.1 Å². The number of thiophene rings is 1. The highest BCUT2D eigenvalue weighted by molar-refractivity contribution is 7.19. The fourth-order valence-corrected chi connectivity index (χ4v) is 4.43. The Labute approximate surface area is 182 Å². The van der Waals surface area contributed by atoms with Crippen molar-refractivity contribution in [1.29, 1.82) is 0 Å². The van der Waals surface area contributed by atoms with Crippen molar-refractivity contribution in [2.75, 3.05) is 25.6 Å². The molecule has 1 aromatic carbocycles. The third-order valence-electron chi connectivity index (χ3n) is 4.94. The van der Waals surface area contributed by atoms with Crippen LogP contribution in [0.15, 0.2) is 28.2 Å². The molecule has 0 spiro atoms. The summed E-state index contributed by atoms with van der Waals surface area (Å²) in [5, 5.41) is 18.2. The Kier molecular flexibility index (Phi) is 6.33. The molecule has 11 heteroatoms. The van der Waals surface area contributed by atoms with Crippen LogP contribution in [0.4, 0.5) is 15.1 Å². The summed E-state index contributed by atoms with van der Waals surface area (Å²) < 4.78 is 25.5. The van der Waals surface area contributed by atoms with Gasteiger partial charge in [-0.3, -0.25) is 9.98 Å². The van der Waals surface area contributed by atoms with Crippen LogP contribution in [0.1, 0.15) is 24.0 Å². The second-order valence-corrected chi connectivity index (χ2v) is 7.90. The summed E-state index contributed by atoms with van der Waals surface area (Å²) in [6, 6.07) is 4.39. The zero-order valence-electron chi connectivity index (χ0n) is 17.2. The Morgan fingerprint density at radius 3 is 2.87 bits per heavy atom. The molecule has 2 N–H and O–H groups in total. The van der Waals surface area contributed by atoms with E-state index in [1.807, 2.05) is 6.92 Å². The van der Waals surface area contributed by atoms with Gasteiger partial charge >= 0.3 is 0 Å². The number of hydrogen-bond donors (Lipinski definition) is 2. The van der Waals surface area contributed by atoms with E-state index in [0.29, 0.717) is 41.3 Å². The van der Waals surface area contributed by atoms with Crippen LogP contribution in [0.2, 0.25) is 0 Å². The maximum Gasteiger partial charge on any atom is 0.214 e. The lowest BCUT2D eigenvalue weighted by Crippen LogP contribution is -2.26. The fourth-order valence-electron chi connectivity index (χ4n) is 3.39. The van der Waals surface area contributed by atoms with Crippen LogP contribution in [0, 0.1) is 12.7 Å². The Morgan fingerprint density at radius 1 is 1.39 bits per heavy atom. The van der Waals surface area contributed by atoms with E-state index in [9.17, 15) is 4.39 Å². The molecule has 0 aliphatic carbocycles. The largest absolute Gasteiger partial charge is 0.488 e. The first-order valence-corrected chi connectivity index (χ1v) is 10.5. The fraction of sp³-hybridized carbons (Fsp3) is 0.350. The number of nitrogens with one attached hydrogen (secondary N) is 2. The average Bonchev–Trinajstić information content (AvgIpc) is 3.42. The third kappa shape index (κ3) is 4.47. The third-order valence-corrected chi connectivity index (χ3v) is 6.16. The number of aliphatic imine (C=N–C) groups is 2. The van der Waals surface area contributed by atoms with Crippen molar-refractivity contribution < 1.29 is 13.9 Å². The lowest BCUT2D eigenvalue weighted by molar-refractivity contribution is 0.0257. The van der Waals surface area contributed by atoms with E-state index in [1.165, 1.54) is 23.5 Å². The number of halogens is 1. The molecule has 1 aliphatic rings. The van der Waals surface area contributed by atoms with Crippen LogP contribution in [0.25, 0.3) is 10.7 Å². The van der Waals surface area contributed by atoms with Crippen molar-refractivity contribution in [3.63, 3.8) is 0 Å². The summed E-state index contributed by atoms with van der Waals surface area (Å²) in [6.07, 6.45) is 1.48. The minimum atomic E-state index is -0.373. The van der Waals surface area contributed by atoms with Crippen LogP contribution >= 0.6 is 11.3 Å². The number of hydrogen-bond acceptors (Lipinski definition) is 8. The molecule has 0 unspecified atom stereocenters. The second-order valence-electron chi connectivity index (χ2n) is 6.90. The predicted octanol–water partition coefficient (Wildman–Crippen LogP) is 3.75. The summed E-state index contributed by atoms with van der Waals surface area (Å²) in [4.78, 5) is 9.39. The van der Waals surface area contributed by atoms with Gasteiger partial charge in [-0.05, 0) is 36.6 Å². The number of rotatable bonds is 6. The van der Waals surface area contributed by atoms with E-state index in [0.717, 1.165) is 28.8 Å². The molecule has 31 heavy (non-hydrogen) atoms. The summed E-state index contributed by atoms with van der Waals surface area (Å²) >= 11 is 1.39. The molecule has 162 valence electrons. The molecule has 1 saturated heterocycles. The number of benzene rings is 1. The Morgan fingerprint density at radius 2 is 2.19 bits per heavy atom. The first-order valence-electron chi connectivity index (χ1n) is 9.72. The second kappa shape index (κ2) is 9.31. The molecular weight excluding hydrogens is 421 g/mol. The van der Waals surface area contributed by atoms with E-state index in [-0.39, 0.29) is 11.9 Å². The van der Waals surface area contributed by atoms with Crippen LogP contribution in [-0.2, 0) is 4.74 Å². The maximum absolute atomic E-state index is 14.0. The summed E-state index contributed by atoms with van der Waals surface area (Å²) in [5.41, 5.74) is 2.26. The van der Waals surface area contributed by atoms with Crippen molar-refractivity contribution in [3.8, 4) is 16.5 Å². The van der Waals surface area contributed by atoms with Crippen LogP contribution in [-0.4, -0.2) is 59.5 Å². The molecule has 0 radical (unpaired) electrons. The first-order chi connectivity index (χ1) is 15.1. The van der Waals surface area contributed by atoms with Crippen molar-refractivity contribution in [3.05, 3.63) is 35.1 Å². The van der Waals surface area contributed by atoms with Gasteiger partial charge in [0.05, 0.1) is 29.3 Å². The van der Waals surface area contributed by atoms with E-state index >= 15 is 0 Å². The molecule has 0 amide bonds. The van der Waals surface area contributed by atoms with Crippen molar-refractivity contribution in [1.82, 2.24) is 20.6 Å². The number of aromatic amines is 1. The highest BCUT2D eigenvalue weighted by Gasteiger charge is 2.24. The number of anilines is 1. The van der Waals surface area contributed by atoms with Crippen molar-refractivity contribution >= 4 is 34.6 Å². The smallest absolute Gasteiger partial charge is 0.214 e. The van der Waals surface area contributed by atoms with Gasteiger partial charge in [0.15, 0.2) is 0 Å². The molecule has 9 nitrogen and oxygen atoms in total. The predicted molar refractivity (Wildman–Crippen MR) is 118 cm³/mol. The Bertz CT molecular complexity index is 1090. The van der Waals surface area contributed by atoms with Gasteiger partial charge in [0.2, 0.25) is 5.82 Å². The Balaban J connectivity index is 1.67. The quantitative estimate of drug-likeness (QED) is 0.444. The van der Waals surface area contributed by atoms with Gasteiger partial charge in [0.25, 0.3) is 0 Å². The number of amidine groups is 1. The van der Waals surface area contributed by atoms with Gasteiger partial charge in [-0.2, -0.15) is 5.21 Å². The average molecular weight is 444 g/mol. The van der Waals surface area contributed by atoms with E-state index < -0.39 is 0 Å². The molecule has 1 aliphatic heterocycles. The topological polar surface area (TPSA) is 110 Å². The van der Waals surface area contributed by atoms with Crippen molar-refractivity contribution in [2.45, 2.75) is 25.9 Å². The monoisotopic (exact) mass is 443 g/mol. The first kappa shape index (κ1) is 21.1. The van der Waals surface area contributed by atoms with Gasteiger partial charge in [0.1, 0.15) is 28.5 Å². The maximum atomic E-state index is 14.0. The molecule has 3 aromatic rings. The molecule has 0 bridgehead atoms. The molecule has 0 saturated carbocycles. The highest BCUT2D eigenvalue weighted by atomic mass is 32.1. The molecule has 0 atom stereocenters.